The van der Waals surface area contributed by atoms with Crippen LogP contribution < -0.4 is 49.2 Å². The smallest absolute Gasteiger partial charge is 0.247 e. The van der Waals surface area contributed by atoms with Crippen LogP contribution in [0.15, 0.2) is 364 Å². The molecule has 6 heterocycles. The van der Waals surface area contributed by atoms with Crippen LogP contribution in [-0.2, 0) is 0 Å². The summed E-state index contributed by atoms with van der Waals surface area (Å²) in [5.41, 5.74) is 31.5. The van der Waals surface area contributed by atoms with Crippen molar-refractivity contribution < 1.29 is 0 Å². The molecule has 0 saturated carbocycles. The first-order valence-corrected chi connectivity index (χ1v) is 33.5. The lowest BCUT2D eigenvalue weighted by Crippen LogP contribution is -2.56. The van der Waals surface area contributed by atoms with Gasteiger partial charge in [0.1, 0.15) is 0 Å². The van der Waals surface area contributed by atoms with Gasteiger partial charge in [-0.2, -0.15) is 0 Å². The van der Waals surface area contributed by atoms with E-state index in [4.69, 9.17) is 0 Å². The minimum Gasteiger partial charge on any atom is -0.310 e. The average molecular weight is 1220 g/mol. The maximum Gasteiger partial charge on any atom is 0.247 e. The van der Waals surface area contributed by atoms with Gasteiger partial charge in [-0.15, -0.1) is 0 Å². The Bertz CT molecular complexity index is 6030. The van der Waals surface area contributed by atoms with Crippen LogP contribution in [0.4, 0.5) is 0 Å². The maximum atomic E-state index is 2.49. The third kappa shape index (κ3) is 8.79. The molecule has 0 saturated heterocycles. The topological polar surface area (TPSA) is 14.8 Å². The molecule has 0 bridgehead atoms. The van der Waals surface area contributed by atoms with Crippen molar-refractivity contribution in [2.75, 3.05) is 0 Å². The molecule has 96 heavy (non-hydrogen) atoms. The highest BCUT2D eigenvalue weighted by Gasteiger charge is 2.37. The fraction of sp³-hybridized carbons (Fsp3) is 0. The molecule has 15 aromatic carbocycles. The Balaban J connectivity index is 0.000000102. The average Bonchev–Trinajstić information content (AvgIpc) is 1.52. The highest BCUT2D eigenvalue weighted by Crippen LogP contribution is 2.38. The Morgan fingerprint density at radius 3 is 1.03 bits per heavy atom. The number of para-hydroxylation sites is 8. The molecule has 0 amide bonds. The summed E-state index contributed by atoms with van der Waals surface area (Å²) >= 11 is 0. The summed E-state index contributed by atoms with van der Waals surface area (Å²) in [5.74, 6) is 0. The van der Waals surface area contributed by atoms with Crippen molar-refractivity contribution in [2.24, 2.45) is 0 Å². The van der Waals surface area contributed by atoms with Crippen LogP contribution in [0.25, 0.3) is 116 Å². The van der Waals surface area contributed by atoms with Crippen molar-refractivity contribution in [3.8, 4) is 50.4 Å². The zero-order valence-corrected chi connectivity index (χ0v) is 52.7. The van der Waals surface area contributed by atoms with E-state index in [-0.39, 0.29) is 20.1 Å². The van der Waals surface area contributed by atoms with E-state index in [2.05, 4.69) is 378 Å². The van der Waals surface area contributed by atoms with Gasteiger partial charge in [-0.1, -0.05) is 344 Å². The Kier molecular flexibility index (Phi) is 13.2. The Morgan fingerprint density at radius 1 is 0.188 bits per heavy atom. The lowest BCUT2D eigenvalue weighted by Gasteiger charge is -2.29. The van der Waals surface area contributed by atoms with Gasteiger partial charge in [-0.25, -0.2) is 0 Å². The van der Waals surface area contributed by atoms with Crippen LogP contribution in [0.5, 0.6) is 0 Å². The molecule has 444 valence electrons. The van der Waals surface area contributed by atoms with Gasteiger partial charge in [0.05, 0.1) is 16.6 Å². The molecule has 0 spiro atoms. The maximum absolute atomic E-state index is 2.49. The van der Waals surface area contributed by atoms with E-state index in [1.54, 1.807) is 0 Å². The molecular weight excluding hydrogens is 1160 g/mol. The largest absolute Gasteiger partial charge is 0.310 e. The number of fused-ring (bicyclic) bond motifs is 15. The van der Waals surface area contributed by atoms with E-state index in [9.17, 15) is 0 Å². The van der Waals surface area contributed by atoms with Crippen molar-refractivity contribution in [2.45, 2.75) is 0 Å². The van der Waals surface area contributed by atoms with Crippen LogP contribution in [-0.4, -0.2) is 33.8 Å². The van der Waals surface area contributed by atoms with Crippen LogP contribution in [0, 0.1) is 0 Å². The first-order valence-electron chi connectivity index (χ1n) is 33.5. The van der Waals surface area contributed by atoms with Gasteiger partial charge in [0, 0.05) is 65.9 Å². The fourth-order valence-corrected chi connectivity index (χ4v) is 16.6. The number of nitrogens with zero attached hydrogens (tertiary/aromatic N) is 3. The molecule has 0 N–H and O–H groups in total. The standard InChI is InChI=1S/3C30H20BN/c1-3-11-21(12-4-1)23-16-10-20-28-29(23)31(22-13-5-2-6-14-22)26-18-9-17-25-24-15-7-8-19-27(24)32(28)30(25)26;1-2-10-21(11-3-1)22-12-8-13-23(20-22)31-26-16-5-7-19-29(26)32-28-18-6-4-14-24(28)25-15-9-17-27(31)30(25)32;1-2-9-21(10-3-1)22-17-19-23(20-18-22)31-26-13-5-7-16-29(26)32-28-15-6-4-11-24(28)25-12-8-14-27(31)30(25)32/h3*1-20H. The lowest BCUT2D eigenvalue weighted by atomic mass is 9.34. The molecule has 0 aliphatic carbocycles. The number of benzene rings is 15. The minimum absolute atomic E-state index is 0.183. The molecule has 3 aromatic heterocycles. The zero-order valence-electron chi connectivity index (χ0n) is 52.7. The molecule has 3 aliphatic rings. The van der Waals surface area contributed by atoms with Gasteiger partial charge in [0.25, 0.3) is 0 Å². The van der Waals surface area contributed by atoms with Gasteiger partial charge in [0.2, 0.25) is 20.1 Å². The second-order valence-corrected chi connectivity index (χ2v) is 25.7. The third-order valence-corrected chi connectivity index (χ3v) is 20.6. The molecule has 3 aliphatic heterocycles. The Labute approximate surface area is 559 Å². The SMILES string of the molecule is c1ccc(-c2ccc(B3c4ccccc4-n4c5ccccc5c5cccc3c54)cc2)cc1.c1ccc(-c2cccc(B3c4ccccc4-n4c5ccccc5c5cccc3c54)c2)cc1.c1ccc(B2c3c(-c4ccccc4)cccc3-n3c4ccccc4c4cccc2c43)cc1. The predicted molar refractivity (Wildman–Crippen MR) is 412 cm³/mol. The highest BCUT2D eigenvalue weighted by atomic mass is 15.0. The first-order chi connectivity index (χ1) is 47.7. The van der Waals surface area contributed by atoms with Crippen LogP contribution in [0.3, 0.4) is 0 Å². The number of aromatic nitrogens is 3. The van der Waals surface area contributed by atoms with Gasteiger partial charge in [-0.3, -0.25) is 0 Å². The van der Waals surface area contributed by atoms with Crippen LogP contribution in [0.2, 0.25) is 0 Å². The summed E-state index contributed by atoms with van der Waals surface area (Å²) in [5, 5.41) is 7.94. The summed E-state index contributed by atoms with van der Waals surface area (Å²) in [4.78, 5) is 0. The molecule has 21 rings (SSSR count). The van der Waals surface area contributed by atoms with Crippen LogP contribution in [0.1, 0.15) is 0 Å². The molecule has 0 atom stereocenters. The summed E-state index contributed by atoms with van der Waals surface area (Å²) in [6.07, 6.45) is 0. The lowest BCUT2D eigenvalue weighted by molar-refractivity contribution is 1.19. The molecule has 3 nitrogen and oxygen atoms in total. The third-order valence-electron chi connectivity index (χ3n) is 20.6. The first kappa shape index (κ1) is 55.5. The summed E-state index contributed by atoms with van der Waals surface area (Å²) in [6.45, 7) is 0.607. The summed E-state index contributed by atoms with van der Waals surface area (Å²) in [6, 6.07) is 133. The molecule has 6 heteroatoms. The van der Waals surface area contributed by atoms with Crippen molar-refractivity contribution in [3.05, 3.63) is 364 Å². The van der Waals surface area contributed by atoms with E-state index in [1.165, 1.54) is 165 Å². The second-order valence-electron chi connectivity index (χ2n) is 25.7. The predicted octanol–water partition coefficient (Wildman–Crippen LogP) is 15.8. The van der Waals surface area contributed by atoms with Gasteiger partial charge >= 0.3 is 0 Å². The van der Waals surface area contributed by atoms with Crippen molar-refractivity contribution in [3.63, 3.8) is 0 Å². The van der Waals surface area contributed by atoms with Crippen LogP contribution >= 0.6 is 0 Å². The van der Waals surface area contributed by atoms with E-state index < -0.39 is 0 Å². The highest BCUT2D eigenvalue weighted by molar-refractivity contribution is 6.99. The fourth-order valence-electron chi connectivity index (χ4n) is 16.6. The molecular formula is C90H60B3N3. The number of hydrogen-bond acceptors (Lipinski definition) is 0. The molecule has 18 aromatic rings. The van der Waals surface area contributed by atoms with E-state index in [1.807, 2.05) is 0 Å². The minimum atomic E-state index is 0.183. The monoisotopic (exact) mass is 1220 g/mol. The van der Waals surface area contributed by atoms with Crippen molar-refractivity contribution in [1.82, 2.24) is 13.7 Å². The Hall–Kier alpha value is -12.1. The van der Waals surface area contributed by atoms with E-state index in [0.717, 1.165) is 0 Å². The quantitative estimate of drug-likeness (QED) is 0.147. The van der Waals surface area contributed by atoms with Gasteiger partial charge < -0.3 is 13.7 Å². The summed E-state index contributed by atoms with van der Waals surface area (Å²) < 4.78 is 7.41. The van der Waals surface area contributed by atoms with Crippen molar-refractivity contribution >= 4 is 135 Å². The molecule has 0 radical (unpaired) electrons. The number of hydrogen-bond donors (Lipinski definition) is 0. The van der Waals surface area contributed by atoms with E-state index >= 15 is 0 Å². The summed E-state index contributed by atoms with van der Waals surface area (Å²) in [7, 11) is 0. The van der Waals surface area contributed by atoms with Gasteiger partial charge in [-0.05, 0) is 103 Å². The van der Waals surface area contributed by atoms with Crippen molar-refractivity contribution in [1.29, 1.82) is 0 Å². The van der Waals surface area contributed by atoms with E-state index in [0.29, 0.717) is 0 Å². The Morgan fingerprint density at radius 2 is 0.510 bits per heavy atom. The molecule has 0 fully saturated rings. The number of rotatable bonds is 6. The second kappa shape index (κ2) is 22.9. The normalized spacial score (nSPS) is 12.3. The molecule has 0 unspecified atom stereocenters. The zero-order chi connectivity index (χ0) is 63.2. The van der Waals surface area contributed by atoms with Gasteiger partial charge in [0.15, 0.2) is 0 Å².